The van der Waals surface area contributed by atoms with Crippen LogP contribution < -0.4 is 0 Å². The predicted molar refractivity (Wildman–Crippen MR) is 92.5 cm³/mol. The van der Waals surface area contributed by atoms with E-state index in [0.29, 0.717) is 12.1 Å². The van der Waals surface area contributed by atoms with E-state index in [1.807, 2.05) is 20.2 Å². The Morgan fingerprint density at radius 1 is 1.39 bits per heavy atom. The molecule has 1 saturated carbocycles. The third-order valence-corrected chi connectivity index (χ3v) is 5.95. The minimum atomic E-state index is -0.170. The molecule has 0 bridgehead atoms. The second kappa shape index (κ2) is 6.52. The number of amides is 1. The highest BCUT2D eigenvalue weighted by molar-refractivity contribution is 9.10. The average Bonchev–Trinajstić information content (AvgIpc) is 3.10. The van der Waals surface area contributed by atoms with Crippen molar-refractivity contribution in [2.45, 2.75) is 32.2 Å². The van der Waals surface area contributed by atoms with Crippen LogP contribution in [0.5, 0.6) is 0 Å². The lowest BCUT2D eigenvalue weighted by molar-refractivity contribution is -0.135. The zero-order chi connectivity index (χ0) is 16.6. The van der Waals surface area contributed by atoms with Crippen LogP contribution in [0, 0.1) is 17.2 Å². The quantitative estimate of drug-likeness (QED) is 0.795. The van der Waals surface area contributed by atoms with Crippen LogP contribution in [0.2, 0.25) is 0 Å². The Morgan fingerprint density at radius 2 is 2.09 bits per heavy atom. The van der Waals surface area contributed by atoms with E-state index in [1.54, 1.807) is 11.0 Å². The van der Waals surface area contributed by atoms with Gasteiger partial charge in [-0.05, 0) is 36.5 Å². The van der Waals surface area contributed by atoms with Crippen molar-refractivity contribution in [3.05, 3.63) is 34.1 Å². The number of carbonyl (C=O) groups is 1. The number of carbonyl (C=O) groups excluding carboxylic acids is 1. The van der Waals surface area contributed by atoms with Gasteiger partial charge in [-0.3, -0.25) is 9.69 Å². The molecule has 0 N–H and O–H groups in total. The number of hydrogen-bond acceptors (Lipinski definition) is 2. The number of likely N-dealkylation sites (tertiary alicyclic amines) is 1. The molecule has 3 nitrogen and oxygen atoms in total. The maximum Gasteiger partial charge on any atom is 0.227 e. The summed E-state index contributed by atoms with van der Waals surface area (Å²) in [5, 5.41) is 0. The molecule has 1 aliphatic heterocycles. The molecule has 23 heavy (non-hydrogen) atoms. The number of rotatable bonds is 3. The predicted octanol–water partition coefficient (Wildman–Crippen LogP) is 3.67. The first-order valence-electron chi connectivity index (χ1n) is 8.29. The van der Waals surface area contributed by atoms with Crippen molar-refractivity contribution in [3.63, 3.8) is 0 Å². The molecule has 1 amide bonds. The molecule has 1 aliphatic carbocycles. The van der Waals surface area contributed by atoms with Crippen LogP contribution >= 0.6 is 15.9 Å². The van der Waals surface area contributed by atoms with Gasteiger partial charge in [-0.25, -0.2) is 4.39 Å². The topological polar surface area (TPSA) is 23.6 Å². The Kier molecular flexibility index (Phi) is 4.79. The van der Waals surface area contributed by atoms with Gasteiger partial charge in [0.1, 0.15) is 5.82 Å². The maximum atomic E-state index is 14.1. The monoisotopic (exact) mass is 382 g/mol. The number of benzene rings is 1. The van der Waals surface area contributed by atoms with Crippen LogP contribution in [-0.4, -0.2) is 42.9 Å². The van der Waals surface area contributed by atoms with Gasteiger partial charge in [0.25, 0.3) is 0 Å². The minimum absolute atomic E-state index is 0.0511. The van der Waals surface area contributed by atoms with Gasteiger partial charge in [0.15, 0.2) is 0 Å². The number of hydrogen-bond donors (Lipinski definition) is 0. The molecule has 1 heterocycles. The van der Waals surface area contributed by atoms with E-state index < -0.39 is 0 Å². The molecule has 126 valence electrons. The van der Waals surface area contributed by atoms with Crippen molar-refractivity contribution in [2.75, 3.05) is 27.2 Å². The van der Waals surface area contributed by atoms with Crippen LogP contribution in [0.4, 0.5) is 4.39 Å². The van der Waals surface area contributed by atoms with E-state index in [2.05, 4.69) is 20.8 Å². The van der Waals surface area contributed by atoms with Crippen LogP contribution in [-0.2, 0) is 11.3 Å². The van der Waals surface area contributed by atoms with Crippen LogP contribution in [0.1, 0.15) is 31.2 Å². The summed E-state index contributed by atoms with van der Waals surface area (Å²) >= 11 is 3.41. The minimum Gasteiger partial charge on any atom is -0.349 e. The maximum absolute atomic E-state index is 14.1. The van der Waals surface area contributed by atoms with Gasteiger partial charge in [0.2, 0.25) is 5.91 Å². The fraction of sp³-hybridized carbons (Fsp3) is 0.611. The Balaban J connectivity index is 1.80. The van der Waals surface area contributed by atoms with Crippen molar-refractivity contribution in [2.24, 2.45) is 11.3 Å². The van der Waals surface area contributed by atoms with Gasteiger partial charge in [0.05, 0.1) is 5.92 Å². The Morgan fingerprint density at radius 3 is 2.74 bits per heavy atom. The Labute approximate surface area is 146 Å². The Hall–Kier alpha value is -0.940. The fourth-order valence-corrected chi connectivity index (χ4v) is 4.74. The van der Waals surface area contributed by atoms with Crippen molar-refractivity contribution >= 4 is 21.8 Å². The molecule has 1 atom stereocenters. The first-order chi connectivity index (χ1) is 10.9. The molecule has 1 aromatic rings. The largest absolute Gasteiger partial charge is 0.349 e. The van der Waals surface area contributed by atoms with Crippen LogP contribution in [0.3, 0.4) is 0 Å². The summed E-state index contributed by atoms with van der Waals surface area (Å²) in [6.07, 6.45) is 4.65. The summed E-state index contributed by atoms with van der Waals surface area (Å²) in [6, 6.07) is 5.07. The molecule has 5 heteroatoms. The second-order valence-corrected chi connectivity index (χ2v) is 8.18. The van der Waals surface area contributed by atoms with Gasteiger partial charge in [-0.2, -0.15) is 0 Å². The molecule has 2 fully saturated rings. The zero-order valence-corrected chi connectivity index (χ0v) is 15.4. The van der Waals surface area contributed by atoms with Crippen molar-refractivity contribution in [3.8, 4) is 0 Å². The normalized spacial score (nSPS) is 23.6. The summed E-state index contributed by atoms with van der Waals surface area (Å²) in [5.74, 6) is 0.107. The first kappa shape index (κ1) is 16.9. The SMILES string of the molecule is CN(C)C(=O)C1CN(Cc2cc(Br)ccc2F)CC12CCCC2. The third kappa shape index (κ3) is 3.31. The number of halogens is 2. The first-order valence-corrected chi connectivity index (χ1v) is 9.08. The van der Waals surface area contributed by atoms with Gasteiger partial charge < -0.3 is 4.90 Å². The lowest BCUT2D eigenvalue weighted by Gasteiger charge is -2.30. The molecule has 2 aliphatic rings. The zero-order valence-electron chi connectivity index (χ0n) is 13.8. The molecule has 0 aromatic heterocycles. The molecule has 1 saturated heterocycles. The summed E-state index contributed by atoms with van der Waals surface area (Å²) in [5.41, 5.74) is 0.801. The molecule has 3 rings (SSSR count). The van der Waals surface area contributed by atoms with Gasteiger partial charge in [-0.1, -0.05) is 28.8 Å². The fourth-order valence-electron chi connectivity index (χ4n) is 4.34. The van der Waals surface area contributed by atoms with Crippen LogP contribution in [0.25, 0.3) is 0 Å². The van der Waals surface area contributed by atoms with E-state index >= 15 is 0 Å². The number of nitrogens with zero attached hydrogens (tertiary/aromatic N) is 2. The summed E-state index contributed by atoms with van der Waals surface area (Å²) < 4.78 is 14.9. The highest BCUT2D eigenvalue weighted by atomic mass is 79.9. The molecule has 1 spiro atoms. The standard InChI is InChI=1S/C18H24BrFN2O/c1-21(2)17(23)15-11-22(12-18(15)7-3-4-8-18)10-13-9-14(19)5-6-16(13)20/h5-6,9,15H,3-4,7-8,10-12H2,1-2H3. The molecule has 1 aromatic carbocycles. The third-order valence-electron chi connectivity index (χ3n) is 5.46. The van der Waals surface area contributed by atoms with Crippen molar-refractivity contribution in [1.29, 1.82) is 0 Å². The lowest BCUT2D eigenvalue weighted by atomic mass is 9.76. The molecular formula is C18H24BrFN2O. The molecular weight excluding hydrogens is 359 g/mol. The van der Waals surface area contributed by atoms with E-state index in [1.165, 1.54) is 18.9 Å². The van der Waals surface area contributed by atoms with Crippen molar-refractivity contribution in [1.82, 2.24) is 9.80 Å². The van der Waals surface area contributed by atoms with E-state index in [-0.39, 0.29) is 23.1 Å². The van der Waals surface area contributed by atoms with Crippen LogP contribution in [0.15, 0.2) is 22.7 Å². The van der Waals surface area contributed by atoms with E-state index in [9.17, 15) is 9.18 Å². The smallest absolute Gasteiger partial charge is 0.227 e. The summed E-state index contributed by atoms with van der Waals surface area (Å²) in [6.45, 7) is 2.22. The van der Waals surface area contributed by atoms with Gasteiger partial charge >= 0.3 is 0 Å². The Bertz CT molecular complexity index is 599. The highest BCUT2D eigenvalue weighted by Gasteiger charge is 2.51. The van der Waals surface area contributed by atoms with Crippen molar-refractivity contribution < 1.29 is 9.18 Å². The summed E-state index contributed by atoms with van der Waals surface area (Å²) in [7, 11) is 3.67. The molecule has 1 unspecified atom stereocenters. The lowest BCUT2D eigenvalue weighted by Crippen LogP contribution is -2.39. The van der Waals surface area contributed by atoms with E-state index in [4.69, 9.17) is 0 Å². The summed E-state index contributed by atoms with van der Waals surface area (Å²) in [4.78, 5) is 16.6. The van der Waals surface area contributed by atoms with Gasteiger partial charge in [-0.15, -0.1) is 0 Å². The molecule has 0 radical (unpaired) electrons. The van der Waals surface area contributed by atoms with Gasteiger partial charge in [0, 0.05) is 43.8 Å². The average molecular weight is 383 g/mol. The highest BCUT2D eigenvalue weighted by Crippen LogP contribution is 2.49. The second-order valence-electron chi connectivity index (χ2n) is 7.26. The van der Waals surface area contributed by atoms with E-state index in [0.717, 1.165) is 30.4 Å².